The molecule has 0 aromatic carbocycles. The van der Waals surface area contributed by atoms with E-state index in [2.05, 4.69) is 0 Å². The third-order valence-corrected chi connectivity index (χ3v) is 1.70. The SMILES string of the molecule is Cn1c(O)cn(CCCO)c1=O. The predicted octanol–water partition coefficient (Wildman–Crippen LogP) is -0.725. The van der Waals surface area contributed by atoms with Gasteiger partial charge in [-0.25, -0.2) is 4.79 Å². The molecule has 1 aromatic rings. The van der Waals surface area contributed by atoms with Crippen LogP contribution in [0.4, 0.5) is 0 Å². The largest absolute Gasteiger partial charge is 0.493 e. The number of imidazole rings is 1. The Kier molecular flexibility index (Phi) is 2.54. The van der Waals surface area contributed by atoms with Crippen LogP contribution in [0.2, 0.25) is 0 Å². The van der Waals surface area contributed by atoms with Crippen molar-refractivity contribution in [3.8, 4) is 5.88 Å². The lowest BCUT2D eigenvalue weighted by molar-refractivity contribution is 0.279. The lowest BCUT2D eigenvalue weighted by atomic mass is 10.4. The minimum Gasteiger partial charge on any atom is -0.493 e. The molecule has 1 heterocycles. The standard InChI is InChI=1S/C7H12N2O3/c1-8-6(11)5-9(7(8)12)3-2-4-10/h5,10-11H,2-4H2,1H3. The van der Waals surface area contributed by atoms with E-state index in [-0.39, 0.29) is 18.2 Å². The van der Waals surface area contributed by atoms with Gasteiger partial charge < -0.3 is 10.2 Å². The summed E-state index contributed by atoms with van der Waals surface area (Å²) in [6.07, 6.45) is 1.88. The minimum atomic E-state index is -0.263. The molecule has 0 aliphatic carbocycles. The maximum atomic E-state index is 11.2. The molecule has 0 unspecified atom stereocenters. The van der Waals surface area contributed by atoms with Crippen LogP contribution in [0.25, 0.3) is 0 Å². The van der Waals surface area contributed by atoms with Gasteiger partial charge >= 0.3 is 5.69 Å². The Morgan fingerprint density at radius 1 is 1.58 bits per heavy atom. The summed E-state index contributed by atoms with van der Waals surface area (Å²) < 4.78 is 2.52. The van der Waals surface area contributed by atoms with Crippen molar-refractivity contribution in [2.24, 2.45) is 7.05 Å². The summed E-state index contributed by atoms with van der Waals surface area (Å²) in [6.45, 7) is 0.478. The first kappa shape index (κ1) is 8.86. The van der Waals surface area contributed by atoms with Crippen molar-refractivity contribution in [3.63, 3.8) is 0 Å². The molecule has 0 radical (unpaired) electrons. The van der Waals surface area contributed by atoms with Gasteiger partial charge in [-0.05, 0) is 6.42 Å². The van der Waals surface area contributed by atoms with E-state index in [1.54, 1.807) is 0 Å². The number of hydrogen-bond donors (Lipinski definition) is 2. The first-order valence-corrected chi connectivity index (χ1v) is 3.73. The molecular formula is C7H12N2O3. The van der Waals surface area contributed by atoms with Gasteiger partial charge in [0.05, 0.1) is 6.20 Å². The summed E-state index contributed by atoms with van der Waals surface area (Å²) >= 11 is 0. The van der Waals surface area contributed by atoms with Gasteiger partial charge in [0.2, 0.25) is 5.88 Å². The summed E-state index contributed by atoms with van der Waals surface area (Å²) in [5.41, 5.74) is -0.263. The number of aryl methyl sites for hydroxylation is 1. The number of nitrogens with zero attached hydrogens (tertiary/aromatic N) is 2. The first-order valence-electron chi connectivity index (χ1n) is 3.73. The maximum Gasteiger partial charge on any atom is 0.330 e. The molecule has 68 valence electrons. The average Bonchev–Trinajstić information content (AvgIpc) is 2.30. The van der Waals surface area contributed by atoms with Gasteiger partial charge in [0.25, 0.3) is 0 Å². The Morgan fingerprint density at radius 2 is 2.25 bits per heavy atom. The Balaban J connectivity index is 2.87. The fourth-order valence-corrected chi connectivity index (χ4v) is 0.973. The Morgan fingerprint density at radius 3 is 2.67 bits per heavy atom. The minimum absolute atomic E-state index is 0.0437. The molecule has 0 amide bonds. The monoisotopic (exact) mass is 172 g/mol. The van der Waals surface area contributed by atoms with Gasteiger partial charge in [-0.1, -0.05) is 0 Å². The second-order valence-corrected chi connectivity index (χ2v) is 2.60. The molecule has 5 nitrogen and oxygen atoms in total. The molecular weight excluding hydrogens is 160 g/mol. The molecule has 0 atom stereocenters. The maximum absolute atomic E-state index is 11.2. The second-order valence-electron chi connectivity index (χ2n) is 2.60. The quantitative estimate of drug-likeness (QED) is 0.632. The molecule has 1 aromatic heterocycles. The molecule has 0 bridgehead atoms. The number of aliphatic hydroxyl groups excluding tert-OH is 1. The van der Waals surface area contributed by atoms with Crippen LogP contribution in [0.3, 0.4) is 0 Å². The van der Waals surface area contributed by atoms with Gasteiger partial charge in [-0.2, -0.15) is 0 Å². The Bertz CT molecular complexity index is 313. The van der Waals surface area contributed by atoms with Crippen LogP contribution in [0.1, 0.15) is 6.42 Å². The van der Waals surface area contributed by atoms with Crippen LogP contribution in [-0.4, -0.2) is 26.0 Å². The summed E-state index contributed by atoms with van der Waals surface area (Å²) in [4.78, 5) is 11.2. The van der Waals surface area contributed by atoms with Crippen LogP contribution in [0.5, 0.6) is 5.88 Å². The molecule has 1 rings (SSSR count). The van der Waals surface area contributed by atoms with E-state index < -0.39 is 0 Å². The number of hydrogen-bond acceptors (Lipinski definition) is 3. The summed E-state index contributed by atoms with van der Waals surface area (Å²) in [6, 6.07) is 0. The lowest BCUT2D eigenvalue weighted by Gasteiger charge is -1.95. The van der Waals surface area contributed by atoms with E-state index in [1.807, 2.05) is 0 Å². The van der Waals surface area contributed by atoms with Crippen LogP contribution in [-0.2, 0) is 13.6 Å². The highest BCUT2D eigenvalue weighted by atomic mass is 16.3. The zero-order chi connectivity index (χ0) is 9.14. The van der Waals surface area contributed by atoms with Crippen LogP contribution in [0.15, 0.2) is 11.0 Å². The van der Waals surface area contributed by atoms with Gasteiger partial charge in [-0.3, -0.25) is 9.13 Å². The van der Waals surface area contributed by atoms with Crippen molar-refractivity contribution in [3.05, 3.63) is 16.7 Å². The van der Waals surface area contributed by atoms with E-state index in [1.165, 1.54) is 17.8 Å². The van der Waals surface area contributed by atoms with Crippen molar-refractivity contribution in [2.75, 3.05) is 6.61 Å². The lowest BCUT2D eigenvalue weighted by Crippen LogP contribution is -2.22. The van der Waals surface area contributed by atoms with Crippen molar-refractivity contribution < 1.29 is 10.2 Å². The molecule has 0 saturated carbocycles. The van der Waals surface area contributed by atoms with Gasteiger partial charge in [0, 0.05) is 20.2 Å². The predicted molar refractivity (Wildman–Crippen MR) is 43.0 cm³/mol. The van der Waals surface area contributed by atoms with E-state index in [9.17, 15) is 4.79 Å². The summed E-state index contributed by atoms with van der Waals surface area (Å²) in [5.74, 6) is -0.0575. The Labute approximate surface area is 69.5 Å². The Hall–Kier alpha value is -1.23. The molecule has 2 N–H and O–H groups in total. The van der Waals surface area contributed by atoms with Gasteiger partial charge in [0.15, 0.2) is 0 Å². The molecule has 5 heteroatoms. The summed E-state index contributed by atoms with van der Waals surface area (Å²) in [7, 11) is 1.49. The van der Waals surface area contributed by atoms with Crippen LogP contribution < -0.4 is 5.69 Å². The van der Waals surface area contributed by atoms with Crippen molar-refractivity contribution in [1.29, 1.82) is 0 Å². The van der Waals surface area contributed by atoms with E-state index in [0.29, 0.717) is 13.0 Å². The fraction of sp³-hybridized carbons (Fsp3) is 0.571. The second kappa shape index (κ2) is 3.44. The number of rotatable bonds is 3. The van der Waals surface area contributed by atoms with Gasteiger partial charge in [0.1, 0.15) is 0 Å². The average molecular weight is 172 g/mol. The third-order valence-electron chi connectivity index (χ3n) is 1.70. The molecule has 0 fully saturated rings. The number of aromatic hydroxyl groups is 1. The van der Waals surface area contributed by atoms with E-state index in [0.717, 1.165) is 4.57 Å². The van der Waals surface area contributed by atoms with E-state index in [4.69, 9.17) is 10.2 Å². The molecule has 12 heavy (non-hydrogen) atoms. The molecule has 0 spiro atoms. The van der Waals surface area contributed by atoms with Gasteiger partial charge in [-0.15, -0.1) is 0 Å². The zero-order valence-electron chi connectivity index (χ0n) is 6.90. The smallest absolute Gasteiger partial charge is 0.330 e. The van der Waals surface area contributed by atoms with Crippen molar-refractivity contribution in [1.82, 2.24) is 9.13 Å². The molecule has 0 aliphatic heterocycles. The van der Waals surface area contributed by atoms with Crippen molar-refractivity contribution >= 4 is 0 Å². The summed E-state index contributed by atoms with van der Waals surface area (Å²) in [5, 5.41) is 17.6. The molecule has 0 aliphatic rings. The first-order chi connectivity index (χ1) is 5.66. The van der Waals surface area contributed by atoms with E-state index >= 15 is 0 Å². The zero-order valence-corrected chi connectivity index (χ0v) is 6.90. The third kappa shape index (κ3) is 1.50. The van der Waals surface area contributed by atoms with Crippen LogP contribution in [0, 0.1) is 0 Å². The highest BCUT2D eigenvalue weighted by Gasteiger charge is 2.04. The highest BCUT2D eigenvalue weighted by Crippen LogP contribution is 2.02. The highest BCUT2D eigenvalue weighted by molar-refractivity contribution is 5.03. The van der Waals surface area contributed by atoms with Crippen LogP contribution >= 0.6 is 0 Å². The number of aliphatic hydroxyl groups is 1. The topological polar surface area (TPSA) is 67.4 Å². The van der Waals surface area contributed by atoms with Crippen molar-refractivity contribution in [2.45, 2.75) is 13.0 Å². The number of aromatic nitrogens is 2. The molecule has 0 saturated heterocycles. The fourth-order valence-electron chi connectivity index (χ4n) is 0.973. The normalized spacial score (nSPS) is 10.5.